The Balaban J connectivity index is 1.56. The molecule has 2 aliphatic rings. The molecule has 126 valence electrons. The fourth-order valence-electron chi connectivity index (χ4n) is 4.10. The van der Waals surface area contributed by atoms with Crippen molar-refractivity contribution in [2.24, 2.45) is 0 Å². The highest BCUT2D eigenvalue weighted by molar-refractivity contribution is 5.78. The maximum Gasteiger partial charge on any atom is 0.222 e. The summed E-state index contributed by atoms with van der Waals surface area (Å²) < 4.78 is 0. The van der Waals surface area contributed by atoms with Crippen LogP contribution in [-0.4, -0.2) is 59.1 Å². The van der Waals surface area contributed by atoms with Crippen LogP contribution in [0.15, 0.2) is 24.3 Å². The fourth-order valence-corrected chi connectivity index (χ4v) is 4.10. The van der Waals surface area contributed by atoms with Gasteiger partial charge in [-0.3, -0.25) is 9.69 Å². The minimum Gasteiger partial charge on any atom is -0.390 e. The van der Waals surface area contributed by atoms with Crippen LogP contribution in [0.2, 0.25) is 0 Å². The van der Waals surface area contributed by atoms with E-state index in [1.165, 1.54) is 11.1 Å². The SMILES string of the molecule is Cc1ccccc1C1CC(C)N(CC(O)CN2CCCC2=O)C1. The molecule has 0 bridgehead atoms. The number of aryl methyl sites for hydroxylation is 1. The lowest BCUT2D eigenvalue weighted by Crippen LogP contribution is -2.41. The van der Waals surface area contributed by atoms with E-state index < -0.39 is 6.10 Å². The van der Waals surface area contributed by atoms with E-state index in [9.17, 15) is 9.90 Å². The molecule has 1 N–H and O–H groups in total. The Labute approximate surface area is 139 Å². The predicted molar refractivity (Wildman–Crippen MR) is 91.4 cm³/mol. The summed E-state index contributed by atoms with van der Waals surface area (Å²) in [6, 6.07) is 9.09. The molecule has 4 nitrogen and oxygen atoms in total. The third-order valence-electron chi connectivity index (χ3n) is 5.38. The molecule has 0 radical (unpaired) electrons. The second-order valence-electron chi connectivity index (χ2n) is 7.19. The van der Waals surface area contributed by atoms with Gasteiger partial charge in [-0.1, -0.05) is 24.3 Å². The first-order valence-corrected chi connectivity index (χ1v) is 8.80. The van der Waals surface area contributed by atoms with E-state index in [0.717, 1.165) is 25.9 Å². The summed E-state index contributed by atoms with van der Waals surface area (Å²) in [5, 5.41) is 10.4. The van der Waals surface area contributed by atoms with E-state index in [4.69, 9.17) is 0 Å². The van der Waals surface area contributed by atoms with Crippen LogP contribution in [0.3, 0.4) is 0 Å². The minimum absolute atomic E-state index is 0.191. The topological polar surface area (TPSA) is 43.8 Å². The molecule has 2 fully saturated rings. The third kappa shape index (κ3) is 3.75. The van der Waals surface area contributed by atoms with E-state index in [2.05, 4.69) is 43.0 Å². The first-order valence-electron chi connectivity index (χ1n) is 8.80. The van der Waals surface area contributed by atoms with Crippen LogP contribution in [-0.2, 0) is 4.79 Å². The van der Waals surface area contributed by atoms with Gasteiger partial charge < -0.3 is 10.0 Å². The molecule has 2 heterocycles. The average molecular weight is 316 g/mol. The Morgan fingerprint density at radius 3 is 2.78 bits per heavy atom. The molecule has 0 aromatic heterocycles. The summed E-state index contributed by atoms with van der Waals surface area (Å²) in [5.74, 6) is 0.739. The number of carbonyl (C=O) groups is 1. The van der Waals surface area contributed by atoms with Gasteiger partial charge in [0.1, 0.15) is 0 Å². The maximum atomic E-state index is 11.7. The van der Waals surface area contributed by atoms with Crippen molar-refractivity contribution in [3.63, 3.8) is 0 Å². The van der Waals surface area contributed by atoms with Crippen LogP contribution in [0.5, 0.6) is 0 Å². The van der Waals surface area contributed by atoms with Gasteiger partial charge in [0.25, 0.3) is 0 Å². The van der Waals surface area contributed by atoms with Crippen molar-refractivity contribution < 1.29 is 9.90 Å². The molecule has 1 aromatic rings. The van der Waals surface area contributed by atoms with Gasteiger partial charge in [-0.2, -0.15) is 0 Å². The van der Waals surface area contributed by atoms with Crippen LogP contribution < -0.4 is 0 Å². The van der Waals surface area contributed by atoms with Gasteiger partial charge in [-0.05, 0) is 43.7 Å². The molecule has 1 amide bonds. The number of aliphatic hydroxyl groups excluding tert-OH is 1. The monoisotopic (exact) mass is 316 g/mol. The minimum atomic E-state index is -0.449. The summed E-state index contributed by atoms with van der Waals surface area (Å²) in [4.78, 5) is 15.9. The molecule has 3 rings (SSSR count). The van der Waals surface area contributed by atoms with Crippen molar-refractivity contribution >= 4 is 5.91 Å². The van der Waals surface area contributed by atoms with Crippen LogP contribution in [0.4, 0.5) is 0 Å². The molecule has 1 aromatic carbocycles. The van der Waals surface area contributed by atoms with Crippen molar-refractivity contribution in [1.82, 2.24) is 9.80 Å². The molecule has 3 atom stereocenters. The Hall–Kier alpha value is -1.39. The smallest absolute Gasteiger partial charge is 0.222 e. The second-order valence-corrected chi connectivity index (χ2v) is 7.19. The van der Waals surface area contributed by atoms with Crippen molar-refractivity contribution in [2.45, 2.75) is 51.2 Å². The van der Waals surface area contributed by atoms with Crippen LogP contribution in [0.25, 0.3) is 0 Å². The third-order valence-corrected chi connectivity index (χ3v) is 5.38. The van der Waals surface area contributed by atoms with Gasteiger partial charge in [0.2, 0.25) is 5.91 Å². The van der Waals surface area contributed by atoms with Gasteiger partial charge in [0.15, 0.2) is 0 Å². The lowest BCUT2D eigenvalue weighted by molar-refractivity contribution is -0.129. The first kappa shape index (κ1) is 16.5. The molecular weight excluding hydrogens is 288 g/mol. The van der Waals surface area contributed by atoms with E-state index in [-0.39, 0.29) is 5.91 Å². The van der Waals surface area contributed by atoms with Crippen molar-refractivity contribution in [3.05, 3.63) is 35.4 Å². The number of rotatable bonds is 5. The highest BCUT2D eigenvalue weighted by Gasteiger charge is 2.32. The number of β-amino-alcohol motifs (C(OH)–C–C–N with tert-alkyl or cyclic N) is 1. The number of aliphatic hydroxyl groups is 1. The zero-order valence-corrected chi connectivity index (χ0v) is 14.2. The van der Waals surface area contributed by atoms with E-state index >= 15 is 0 Å². The highest BCUT2D eigenvalue weighted by Crippen LogP contribution is 2.33. The van der Waals surface area contributed by atoms with Crippen molar-refractivity contribution in [1.29, 1.82) is 0 Å². The molecule has 2 aliphatic heterocycles. The van der Waals surface area contributed by atoms with Crippen molar-refractivity contribution in [2.75, 3.05) is 26.2 Å². The number of benzene rings is 1. The maximum absolute atomic E-state index is 11.7. The predicted octanol–water partition coefficient (Wildman–Crippen LogP) is 2.16. The molecule has 4 heteroatoms. The van der Waals surface area contributed by atoms with Crippen molar-refractivity contribution in [3.8, 4) is 0 Å². The summed E-state index contributed by atoms with van der Waals surface area (Å²) >= 11 is 0. The summed E-state index contributed by atoms with van der Waals surface area (Å²) in [5.41, 5.74) is 2.79. The number of hydrogen-bond acceptors (Lipinski definition) is 3. The number of nitrogens with zero attached hydrogens (tertiary/aromatic N) is 2. The normalized spacial score (nSPS) is 26.9. The van der Waals surface area contributed by atoms with E-state index in [1.807, 2.05) is 4.90 Å². The average Bonchev–Trinajstić information content (AvgIpc) is 3.07. The lowest BCUT2D eigenvalue weighted by atomic mass is 9.93. The quantitative estimate of drug-likeness (QED) is 0.905. The number of amides is 1. The van der Waals surface area contributed by atoms with Gasteiger partial charge in [0, 0.05) is 38.6 Å². The number of hydrogen-bond donors (Lipinski definition) is 1. The Bertz CT molecular complexity index is 560. The molecule has 0 aliphatic carbocycles. The number of carbonyl (C=O) groups excluding carboxylic acids is 1. The van der Waals surface area contributed by atoms with Crippen LogP contribution >= 0.6 is 0 Å². The molecule has 3 unspecified atom stereocenters. The largest absolute Gasteiger partial charge is 0.390 e. The summed E-state index contributed by atoms with van der Waals surface area (Å²) in [7, 11) is 0. The first-order chi connectivity index (χ1) is 11.0. The zero-order valence-electron chi connectivity index (χ0n) is 14.2. The summed E-state index contributed by atoms with van der Waals surface area (Å²) in [6.07, 6.45) is 2.26. The molecule has 0 spiro atoms. The van der Waals surface area contributed by atoms with Crippen LogP contribution in [0.1, 0.15) is 43.2 Å². The second kappa shape index (κ2) is 7.02. The molecule has 0 saturated carbocycles. The van der Waals surface area contributed by atoms with Gasteiger partial charge in [-0.25, -0.2) is 0 Å². The van der Waals surface area contributed by atoms with E-state index in [0.29, 0.717) is 31.5 Å². The van der Waals surface area contributed by atoms with Gasteiger partial charge >= 0.3 is 0 Å². The van der Waals surface area contributed by atoms with Gasteiger partial charge in [-0.15, -0.1) is 0 Å². The highest BCUT2D eigenvalue weighted by atomic mass is 16.3. The Kier molecular flexibility index (Phi) is 5.02. The fraction of sp³-hybridized carbons (Fsp3) is 0.632. The Morgan fingerprint density at radius 1 is 1.30 bits per heavy atom. The molecule has 23 heavy (non-hydrogen) atoms. The van der Waals surface area contributed by atoms with Crippen LogP contribution in [0, 0.1) is 6.92 Å². The number of likely N-dealkylation sites (tertiary alicyclic amines) is 2. The standard InChI is InChI=1S/C19H28N2O2/c1-14-6-3-4-7-18(14)16-10-15(2)21(11-16)13-17(22)12-20-9-5-8-19(20)23/h3-4,6-7,15-17,22H,5,8-13H2,1-2H3. The molecular formula is C19H28N2O2. The summed E-state index contributed by atoms with van der Waals surface area (Å²) in [6.45, 7) is 7.36. The van der Waals surface area contributed by atoms with Gasteiger partial charge in [0.05, 0.1) is 6.10 Å². The Morgan fingerprint density at radius 2 is 2.09 bits per heavy atom. The zero-order chi connectivity index (χ0) is 16.4. The molecule has 2 saturated heterocycles. The lowest BCUT2D eigenvalue weighted by Gasteiger charge is -2.27. The van der Waals surface area contributed by atoms with E-state index in [1.54, 1.807) is 0 Å².